The Morgan fingerprint density at radius 1 is 1.29 bits per heavy atom. The smallest absolute Gasteiger partial charge is 0.229 e. The third kappa shape index (κ3) is 4.19. The van der Waals surface area contributed by atoms with Crippen molar-refractivity contribution < 1.29 is 4.74 Å². The third-order valence-electron chi connectivity index (χ3n) is 3.04. The van der Waals surface area contributed by atoms with Gasteiger partial charge in [0.2, 0.25) is 17.2 Å². The van der Waals surface area contributed by atoms with Crippen molar-refractivity contribution >= 4 is 23.5 Å². The highest BCUT2D eigenvalue weighted by Gasteiger charge is 2.09. The fourth-order valence-corrected chi connectivity index (χ4v) is 1.95. The second kappa shape index (κ2) is 6.58. The molecule has 0 saturated heterocycles. The van der Waals surface area contributed by atoms with Crippen LogP contribution in [-0.2, 0) is 0 Å². The summed E-state index contributed by atoms with van der Waals surface area (Å²) in [6.45, 7) is 6.52. The Balaban J connectivity index is 1.95. The minimum atomic E-state index is -0.0113. The molecule has 0 aliphatic heterocycles. The molecule has 0 fully saturated rings. The number of ether oxygens (including phenoxy) is 1. The van der Waals surface area contributed by atoms with Crippen molar-refractivity contribution in [1.29, 1.82) is 0 Å². The largest absolute Gasteiger partial charge is 0.491 e. The van der Waals surface area contributed by atoms with E-state index in [2.05, 4.69) is 33.3 Å². The first-order valence-electron chi connectivity index (χ1n) is 6.58. The van der Waals surface area contributed by atoms with Gasteiger partial charge in [0.05, 0.1) is 6.04 Å². The van der Waals surface area contributed by atoms with E-state index in [9.17, 15) is 0 Å². The van der Waals surface area contributed by atoms with Crippen LogP contribution < -0.4 is 15.8 Å². The SMILES string of the molecule is Cc1cccc(OCC(C)Nc2nc(N)nc(Cl)n2)c1C. The Labute approximate surface area is 128 Å². The van der Waals surface area contributed by atoms with Gasteiger partial charge in [0.1, 0.15) is 12.4 Å². The van der Waals surface area contributed by atoms with Crippen LogP contribution in [0, 0.1) is 13.8 Å². The van der Waals surface area contributed by atoms with Crippen LogP contribution in [0.4, 0.5) is 11.9 Å². The summed E-state index contributed by atoms with van der Waals surface area (Å²) in [5, 5.41) is 3.14. The van der Waals surface area contributed by atoms with Gasteiger partial charge < -0.3 is 15.8 Å². The summed E-state index contributed by atoms with van der Waals surface area (Å²) >= 11 is 5.73. The van der Waals surface area contributed by atoms with Gasteiger partial charge in [-0.3, -0.25) is 0 Å². The Morgan fingerprint density at radius 3 is 2.76 bits per heavy atom. The minimum absolute atomic E-state index is 0.0113. The summed E-state index contributed by atoms with van der Waals surface area (Å²) in [6.07, 6.45) is 0. The molecule has 1 atom stereocenters. The molecular weight excluding hydrogens is 290 g/mol. The fourth-order valence-electron chi connectivity index (χ4n) is 1.79. The molecule has 21 heavy (non-hydrogen) atoms. The van der Waals surface area contributed by atoms with E-state index in [0.717, 1.165) is 11.3 Å². The lowest BCUT2D eigenvalue weighted by Gasteiger charge is -2.16. The van der Waals surface area contributed by atoms with Crippen molar-refractivity contribution in [3.8, 4) is 5.75 Å². The van der Waals surface area contributed by atoms with Crippen LogP contribution in [-0.4, -0.2) is 27.6 Å². The number of hydrogen-bond acceptors (Lipinski definition) is 6. The van der Waals surface area contributed by atoms with Crippen LogP contribution in [0.15, 0.2) is 18.2 Å². The maximum absolute atomic E-state index is 5.81. The molecular formula is C14H18ClN5O. The van der Waals surface area contributed by atoms with E-state index >= 15 is 0 Å². The average Bonchev–Trinajstić information content (AvgIpc) is 2.39. The number of nitrogen functional groups attached to an aromatic ring is 1. The van der Waals surface area contributed by atoms with Crippen LogP contribution in [0.1, 0.15) is 18.1 Å². The van der Waals surface area contributed by atoms with E-state index in [1.807, 2.05) is 26.0 Å². The molecule has 7 heteroatoms. The predicted octanol–water partition coefficient (Wildman–Crippen LogP) is 2.60. The van der Waals surface area contributed by atoms with Crippen molar-refractivity contribution in [2.24, 2.45) is 0 Å². The topological polar surface area (TPSA) is 86.0 Å². The standard InChI is InChI=1S/C14H18ClN5O/c1-8-5-4-6-11(10(8)3)21-7-9(2)17-14-19-12(15)18-13(16)20-14/h4-6,9H,7H2,1-3H3,(H3,16,17,18,19,20). The van der Waals surface area contributed by atoms with Crippen LogP contribution in [0.5, 0.6) is 5.75 Å². The zero-order chi connectivity index (χ0) is 15.4. The van der Waals surface area contributed by atoms with Gasteiger partial charge in [0.15, 0.2) is 0 Å². The molecule has 3 N–H and O–H groups in total. The van der Waals surface area contributed by atoms with Crippen molar-refractivity contribution in [2.45, 2.75) is 26.8 Å². The number of anilines is 2. The fraction of sp³-hybridized carbons (Fsp3) is 0.357. The van der Waals surface area contributed by atoms with Gasteiger partial charge >= 0.3 is 0 Å². The van der Waals surface area contributed by atoms with E-state index in [1.165, 1.54) is 5.56 Å². The molecule has 0 radical (unpaired) electrons. The zero-order valence-electron chi connectivity index (χ0n) is 12.2. The molecule has 1 aromatic carbocycles. The number of hydrogen-bond donors (Lipinski definition) is 2. The molecule has 1 unspecified atom stereocenters. The van der Waals surface area contributed by atoms with Crippen molar-refractivity contribution in [1.82, 2.24) is 15.0 Å². The van der Waals surface area contributed by atoms with Gasteiger partial charge in [-0.1, -0.05) is 12.1 Å². The summed E-state index contributed by atoms with van der Waals surface area (Å²) in [6, 6.07) is 5.97. The van der Waals surface area contributed by atoms with Gasteiger partial charge in [0.25, 0.3) is 0 Å². The maximum atomic E-state index is 5.81. The Kier molecular flexibility index (Phi) is 4.80. The Hall–Kier alpha value is -2.08. The van der Waals surface area contributed by atoms with Crippen molar-refractivity contribution in [3.05, 3.63) is 34.6 Å². The zero-order valence-corrected chi connectivity index (χ0v) is 13.0. The molecule has 0 bridgehead atoms. The highest BCUT2D eigenvalue weighted by Crippen LogP contribution is 2.20. The first-order valence-corrected chi connectivity index (χ1v) is 6.96. The van der Waals surface area contributed by atoms with Gasteiger partial charge in [-0.2, -0.15) is 15.0 Å². The first-order chi connectivity index (χ1) is 9.95. The van der Waals surface area contributed by atoms with Crippen LogP contribution in [0.3, 0.4) is 0 Å². The number of nitrogens with zero attached hydrogens (tertiary/aromatic N) is 3. The second-order valence-electron chi connectivity index (χ2n) is 4.84. The number of aryl methyl sites for hydroxylation is 1. The quantitative estimate of drug-likeness (QED) is 0.883. The summed E-state index contributed by atoms with van der Waals surface area (Å²) in [4.78, 5) is 11.6. The van der Waals surface area contributed by atoms with E-state index in [0.29, 0.717) is 12.6 Å². The molecule has 0 spiro atoms. The van der Waals surface area contributed by atoms with Crippen molar-refractivity contribution in [3.63, 3.8) is 0 Å². The molecule has 0 aliphatic rings. The van der Waals surface area contributed by atoms with Gasteiger partial charge in [0, 0.05) is 0 Å². The van der Waals surface area contributed by atoms with Gasteiger partial charge in [-0.25, -0.2) is 0 Å². The van der Waals surface area contributed by atoms with E-state index < -0.39 is 0 Å². The summed E-state index contributed by atoms with van der Waals surface area (Å²) < 4.78 is 5.81. The Bertz CT molecular complexity index is 615. The predicted molar refractivity (Wildman–Crippen MR) is 83.7 cm³/mol. The molecule has 0 saturated carbocycles. The maximum Gasteiger partial charge on any atom is 0.229 e. The van der Waals surface area contributed by atoms with Crippen LogP contribution in [0.2, 0.25) is 5.28 Å². The molecule has 1 aromatic heterocycles. The number of aromatic nitrogens is 3. The highest BCUT2D eigenvalue weighted by molar-refractivity contribution is 6.28. The molecule has 0 aliphatic carbocycles. The van der Waals surface area contributed by atoms with Gasteiger partial charge in [-0.15, -0.1) is 0 Å². The molecule has 2 rings (SSSR count). The van der Waals surface area contributed by atoms with Crippen LogP contribution in [0.25, 0.3) is 0 Å². The van der Waals surface area contributed by atoms with E-state index in [-0.39, 0.29) is 17.3 Å². The van der Waals surface area contributed by atoms with E-state index in [1.54, 1.807) is 0 Å². The molecule has 1 heterocycles. The minimum Gasteiger partial charge on any atom is -0.491 e. The van der Waals surface area contributed by atoms with E-state index in [4.69, 9.17) is 22.1 Å². The van der Waals surface area contributed by atoms with Crippen LogP contribution >= 0.6 is 11.6 Å². The average molecular weight is 308 g/mol. The molecule has 112 valence electrons. The van der Waals surface area contributed by atoms with Gasteiger partial charge in [-0.05, 0) is 49.6 Å². The highest BCUT2D eigenvalue weighted by atomic mass is 35.5. The summed E-state index contributed by atoms with van der Waals surface area (Å²) in [5.41, 5.74) is 7.85. The lowest BCUT2D eigenvalue weighted by atomic mass is 10.1. The lowest BCUT2D eigenvalue weighted by molar-refractivity contribution is 0.301. The summed E-state index contributed by atoms with van der Waals surface area (Å²) in [5.74, 6) is 1.29. The lowest BCUT2D eigenvalue weighted by Crippen LogP contribution is -2.25. The molecule has 6 nitrogen and oxygen atoms in total. The number of benzene rings is 1. The number of rotatable bonds is 5. The third-order valence-corrected chi connectivity index (χ3v) is 3.21. The summed E-state index contributed by atoms with van der Waals surface area (Å²) in [7, 11) is 0. The Morgan fingerprint density at radius 2 is 2.05 bits per heavy atom. The first kappa shape index (κ1) is 15.3. The number of halogens is 1. The second-order valence-corrected chi connectivity index (χ2v) is 5.18. The normalized spacial score (nSPS) is 12.0. The molecule has 2 aromatic rings. The monoisotopic (exact) mass is 307 g/mol. The van der Waals surface area contributed by atoms with Crippen molar-refractivity contribution in [2.75, 3.05) is 17.7 Å². The number of nitrogens with two attached hydrogens (primary N) is 1. The number of nitrogens with one attached hydrogen (secondary N) is 1. The molecule has 0 amide bonds.